The number of aromatic hydroxyl groups is 3. The first-order valence-corrected chi connectivity index (χ1v) is 35.3. The Morgan fingerprint density at radius 2 is 1.32 bits per heavy atom. The van der Waals surface area contributed by atoms with Crippen LogP contribution in [0.2, 0.25) is 10.0 Å². The van der Waals surface area contributed by atoms with Gasteiger partial charge in [-0.15, -0.1) is 0 Å². The van der Waals surface area contributed by atoms with Gasteiger partial charge in [0.15, 0.2) is 23.9 Å². The number of carbonyl (C=O) groups excluding carboxylic acids is 8. The number of likely N-dealkylation sites (N-methyl/N-ethyl adjacent to an activating group) is 1. The number of hydrogen-bond acceptors (Lipinski definition) is 26. The number of primary amides is 1. The van der Waals surface area contributed by atoms with Crippen molar-refractivity contribution < 1.29 is 113 Å². The second-order valence-electron chi connectivity index (χ2n) is 27.7. The third kappa shape index (κ3) is 17.7. The standard InChI is InChI=1S/C73H83Cl2N11O23/c1-29(2)17-41(78-5)65(97)84-56-58(92)33-12-15-45(39(74)19-33)105-47-21-35-22-48(62(47)109-72-63(61(95)60(94)49(28-87)107-72)108-51-26-73(4,77)64(96)30(3)104-51)106-46-16-13-34(20-40(46)75)59(93)57-70(102)83-55(71(103)86-79-27-31-9-7-6-8-10-31)38-23-36(88)24-44(90)52(38)37-18-32(11-14-43(37)89)53(67(99)85-57)82-68(100)54(35)81-66(98)42(25-50(76)91)80-69(56)101/h6-16,18-24,29-30,41-42,49,51,53-61,63-64,72,78-79,87-90,92-96H,17,25-28,77H2,1-5H3,(H2,76,91)(H,80,101)(H,81,98)(H,82,100)(H,83,102)(H,84,97)(H,85,99)(H,86,103)/t30-,41+,42-,49+,51-,53+,54+,55-,56+,57-,58+,59+,60+,61-,63+,64+,72-,73-/m0/s1. The maximum Gasteiger partial charge on any atom is 0.261 e. The number of carbonyl (C=O) groups is 8. The van der Waals surface area contributed by atoms with Gasteiger partial charge in [0.25, 0.3) is 5.91 Å². The minimum Gasteiger partial charge on any atom is -0.508 e. The van der Waals surface area contributed by atoms with Crippen LogP contribution in [0.5, 0.6) is 46.0 Å². The molecule has 36 heteroatoms. The summed E-state index contributed by atoms with van der Waals surface area (Å²) in [6.45, 7) is 5.70. The molecular weight excluding hydrogens is 1470 g/mol. The third-order valence-corrected chi connectivity index (χ3v) is 19.7. The molecule has 0 radical (unpaired) electrons. The molecule has 6 aromatic carbocycles. The minimum absolute atomic E-state index is 0.0109. The van der Waals surface area contributed by atoms with E-state index < -0.39 is 226 Å². The minimum atomic E-state index is -2.34. The van der Waals surface area contributed by atoms with Gasteiger partial charge in [-0.1, -0.05) is 85.6 Å². The van der Waals surface area contributed by atoms with Crippen molar-refractivity contribution in [2.45, 2.75) is 163 Å². The molecular formula is C73H83Cl2N11O23. The molecule has 7 heterocycles. The predicted octanol–water partition coefficient (Wildman–Crippen LogP) is 0.843. The summed E-state index contributed by atoms with van der Waals surface area (Å²) in [7, 11) is 1.48. The maximum atomic E-state index is 16.2. The lowest BCUT2D eigenvalue weighted by Gasteiger charge is -2.47. The van der Waals surface area contributed by atoms with E-state index in [1.165, 1.54) is 39.1 Å². The highest BCUT2D eigenvalue weighted by molar-refractivity contribution is 6.32. The van der Waals surface area contributed by atoms with Crippen LogP contribution in [0, 0.1) is 5.92 Å². The average molecular weight is 1550 g/mol. The lowest BCUT2D eigenvalue weighted by Crippen LogP contribution is -2.64. The fraction of sp³-hybridized carbons (Fsp3) is 0.397. The Labute approximate surface area is 632 Å². The van der Waals surface area contributed by atoms with Gasteiger partial charge in [0.05, 0.1) is 41.3 Å². The van der Waals surface area contributed by atoms with Crippen LogP contribution in [0.15, 0.2) is 109 Å². The zero-order valence-electron chi connectivity index (χ0n) is 59.0. The van der Waals surface area contributed by atoms with Gasteiger partial charge in [-0.2, -0.15) is 0 Å². The van der Waals surface area contributed by atoms with Crippen molar-refractivity contribution >= 4 is 70.5 Å². The van der Waals surface area contributed by atoms with E-state index in [0.29, 0.717) is 5.56 Å². The maximum absolute atomic E-state index is 16.2. The van der Waals surface area contributed by atoms with Crippen molar-refractivity contribution in [2.75, 3.05) is 13.7 Å². The van der Waals surface area contributed by atoms with Crippen LogP contribution in [0.1, 0.15) is 111 Å². The molecule has 7 aliphatic rings. The summed E-state index contributed by atoms with van der Waals surface area (Å²) in [5.74, 6) is -14.8. The van der Waals surface area contributed by atoms with Gasteiger partial charge in [-0.05, 0) is 121 Å². The topological polar surface area (TPSA) is 534 Å². The quantitative estimate of drug-likeness (QED) is 0.0597. The summed E-state index contributed by atoms with van der Waals surface area (Å²) < 4.78 is 38.6. The molecule has 0 aliphatic carbocycles. The van der Waals surface area contributed by atoms with E-state index >= 15 is 19.2 Å². The van der Waals surface area contributed by atoms with E-state index in [4.69, 9.17) is 63.1 Å². The molecule has 11 bridgehead atoms. The number of nitrogens with two attached hydrogens (primary N) is 2. The fourth-order valence-electron chi connectivity index (χ4n) is 13.4. The molecule has 34 nitrogen and oxygen atoms in total. The van der Waals surface area contributed by atoms with E-state index in [1.807, 2.05) is 13.8 Å². The number of hydrogen-bond donors (Lipinski definition) is 20. The zero-order chi connectivity index (χ0) is 78.8. The Kier molecular flexibility index (Phi) is 24.6. The molecule has 0 saturated carbocycles. The number of amides is 8. The number of aliphatic hydroxyl groups is 6. The summed E-state index contributed by atoms with van der Waals surface area (Å²) in [6, 6.07) is 8.91. The van der Waals surface area contributed by atoms with Crippen molar-refractivity contribution in [3.63, 3.8) is 0 Å². The molecule has 2 saturated heterocycles. The summed E-state index contributed by atoms with van der Waals surface area (Å²) in [5, 5.41) is 122. The number of phenols is 3. The molecule has 8 amide bonds. The number of halogens is 2. The number of ether oxygens (including phenoxy) is 6. The van der Waals surface area contributed by atoms with Crippen LogP contribution in [-0.2, 0) is 59.1 Å². The molecule has 2 fully saturated rings. The van der Waals surface area contributed by atoms with Crippen LogP contribution in [0.25, 0.3) is 11.1 Å². The van der Waals surface area contributed by atoms with Gasteiger partial charge < -0.3 is 123 Å². The highest BCUT2D eigenvalue weighted by atomic mass is 35.5. The highest BCUT2D eigenvalue weighted by Crippen LogP contribution is 2.50. The second kappa shape index (κ2) is 33.4. The average Bonchev–Trinajstić information content (AvgIpc) is 0.768. The molecule has 7 aliphatic heterocycles. The fourth-order valence-corrected chi connectivity index (χ4v) is 13.9. The summed E-state index contributed by atoms with van der Waals surface area (Å²) in [6.07, 6.45) is -18.5. The van der Waals surface area contributed by atoms with Gasteiger partial charge in [-0.25, -0.2) is 5.43 Å². The molecule has 22 N–H and O–H groups in total. The molecule has 109 heavy (non-hydrogen) atoms. The summed E-state index contributed by atoms with van der Waals surface area (Å²) in [4.78, 5) is 120. The molecule has 0 unspecified atom stereocenters. The van der Waals surface area contributed by atoms with Crippen LogP contribution in [0.3, 0.4) is 0 Å². The van der Waals surface area contributed by atoms with Gasteiger partial charge in [0.2, 0.25) is 53.4 Å². The lowest BCUT2D eigenvalue weighted by atomic mass is 9.86. The largest absolute Gasteiger partial charge is 0.508 e. The Balaban J connectivity index is 1.14. The first kappa shape index (κ1) is 80.0. The number of fused-ring (bicyclic) bond motifs is 15. The Hall–Kier alpha value is -10.0. The van der Waals surface area contributed by atoms with Gasteiger partial charge in [-0.3, -0.25) is 43.8 Å². The Morgan fingerprint density at radius 3 is 1.94 bits per heavy atom. The number of rotatable bonds is 16. The number of nitrogens with one attached hydrogen (secondary N) is 9. The van der Waals surface area contributed by atoms with Crippen LogP contribution in [0.4, 0.5) is 0 Å². The van der Waals surface area contributed by atoms with E-state index in [1.54, 1.807) is 30.3 Å². The Morgan fingerprint density at radius 1 is 0.697 bits per heavy atom. The van der Waals surface area contributed by atoms with E-state index in [2.05, 4.69) is 48.1 Å². The van der Waals surface area contributed by atoms with Crippen LogP contribution in [-0.4, -0.2) is 186 Å². The number of phenolic OH excluding ortho intramolecular Hbond substituents is 3. The van der Waals surface area contributed by atoms with Crippen molar-refractivity contribution in [3.05, 3.63) is 153 Å². The number of benzene rings is 6. The van der Waals surface area contributed by atoms with Crippen molar-refractivity contribution in [1.82, 2.24) is 48.1 Å². The Bertz CT molecular complexity index is 4470. The van der Waals surface area contributed by atoms with Crippen molar-refractivity contribution in [3.8, 4) is 57.1 Å². The molecule has 18 atom stereocenters. The number of aliphatic hydroxyl groups excluding tert-OH is 6. The third-order valence-electron chi connectivity index (χ3n) is 19.1. The second-order valence-corrected chi connectivity index (χ2v) is 28.5. The first-order chi connectivity index (χ1) is 51.7. The summed E-state index contributed by atoms with van der Waals surface area (Å²) >= 11 is 14.3. The van der Waals surface area contributed by atoms with Crippen LogP contribution >= 0.6 is 23.2 Å². The van der Waals surface area contributed by atoms with E-state index in [9.17, 15) is 65.1 Å². The van der Waals surface area contributed by atoms with Gasteiger partial charge in [0, 0.05) is 35.7 Å². The van der Waals surface area contributed by atoms with Gasteiger partial charge >= 0.3 is 0 Å². The summed E-state index contributed by atoms with van der Waals surface area (Å²) in [5.41, 5.74) is 14.4. The smallest absolute Gasteiger partial charge is 0.261 e. The zero-order valence-corrected chi connectivity index (χ0v) is 60.5. The molecule has 13 rings (SSSR count). The normalized spacial score (nSPS) is 28.1. The molecule has 582 valence electrons. The molecule has 0 spiro atoms. The molecule has 6 aromatic rings. The molecule has 0 aromatic heterocycles. The van der Waals surface area contributed by atoms with Crippen LogP contribution < -0.4 is 73.7 Å². The lowest BCUT2D eigenvalue weighted by molar-refractivity contribution is -0.333. The monoisotopic (exact) mass is 1550 g/mol. The van der Waals surface area contributed by atoms with Crippen molar-refractivity contribution in [2.24, 2.45) is 17.4 Å². The van der Waals surface area contributed by atoms with Gasteiger partial charge in [0.1, 0.15) is 95.5 Å². The predicted molar refractivity (Wildman–Crippen MR) is 383 cm³/mol. The number of hydrazine groups is 1. The first-order valence-electron chi connectivity index (χ1n) is 34.5. The van der Waals surface area contributed by atoms with E-state index in [0.717, 1.165) is 60.7 Å². The van der Waals surface area contributed by atoms with Crippen molar-refractivity contribution in [1.29, 1.82) is 0 Å². The van der Waals surface area contributed by atoms with E-state index in [-0.39, 0.29) is 64.1 Å². The SMILES string of the molecule is CN[C@H](CC(C)C)C(=O)N[C@H]1C(=O)N[C@@H](CC(N)=O)C(=O)N[C@H]2C(=O)N[C@H]3C(=O)N[C@H](C(=O)N[C@H](C(=O)NNCc4ccccc4)c4cc(O)cc(O)c4-c4cc3ccc4O)[C@H](O)c3ccc(c(Cl)c3)Oc3cc2cc(c3O[C@@H]2O[C@H](CO)[C@@H](O)[C@H](O)[C@H]2O[C@H]2C[C@](C)(N)[C@H](O)[C@H](C)O2)Oc2ccc(cc2Cl)[C@H]1O. The highest BCUT2D eigenvalue weighted by Gasteiger charge is 2.52.